The van der Waals surface area contributed by atoms with Gasteiger partial charge in [0.1, 0.15) is 0 Å². The van der Waals surface area contributed by atoms with Crippen molar-refractivity contribution in [1.29, 1.82) is 0 Å². The van der Waals surface area contributed by atoms with Crippen molar-refractivity contribution < 1.29 is 0 Å². The van der Waals surface area contributed by atoms with Crippen molar-refractivity contribution in [2.24, 2.45) is 5.92 Å². The molecule has 160 valence electrons. The minimum absolute atomic E-state index is 0.189. The summed E-state index contributed by atoms with van der Waals surface area (Å²) in [6, 6.07) is 11.9. The summed E-state index contributed by atoms with van der Waals surface area (Å²) in [4.78, 5) is 35.3. The molecule has 2 aliphatic heterocycles. The van der Waals surface area contributed by atoms with Gasteiger partial charge in [-0.25, -0.2) is 9.78 Å². The number of aryl methyl sites for hydroxylation is 3. The number of hydrogen-bond acceptors (Lipinski definition) is 4. The zero-order valence-electron chi connectivity index (χ0n) is 17.9. The number of aromatic amines is 1. The van der Waals surface area contributed by atoms with E-state index < -0.39 is 11.2 Å². The lowest BCUT2D eigenvalue weighted by molar-refractivity contribution is 0.639. The van der Waals surface area contributed by atoms with E-state index in [1.165, 1.54) is 11.1 Å². The van der Waals surface area contributed by atoms with Gasteiger partial charge in [0.15, 0.2) is 11.5 Å². The Labute approximate surface area is 185 Å². The molecule has 2 aromatic rings. The molecule has 0 unspecified atom stereocenters. The molecule has 6 nitrogen and oxygen atoms in total. The molecule has 0 spiro atoms. The maximum Gasteiger partial charge on any atom is 0.349 e. The molecule has 0 atom stereocenters. The Kier molecular flexibility index (Phi) is 5.92. The number of rotatable bonds is 6. The third-order valence-electron chi connectivity index (χ3n) is 5.46. The lowest BCUT2D eigenvalue weighted by atomic mass is 9.97. The maximum absolute atomic E-state index is 12.4. The maximum atomic E-state index is 12.4. The van der Waals surface area contributed by atoms with Crippen LogP contribution < -0.4 is 11.2 Å². The quantitative estimate of drug-likeness (QED) is 0.455. The van der Waals surface area contributed by atoms with Gasteiger partial charge < -0.3 is 4.57 Å². The lowest BCUT2D eigenvalue weighted by Gasteiger charge is -2.19. The molecule has 2 heterocycles. The second kappa shape index (κ2) is 8.63. The average Bonchev–Trinajstić information content (AvgIpc) is 2.70. The summed E-state index contributed by atoms with van der Waals surface area (Å²) < 4.78 is 1.97. The first kappa shape index (κ1) is 21.2. The van der Waals surface area contributed by atoms with Crippen LogP contribution in [0.4, 0.5) is 0 Å². The van der Waals surface area contributed by atoms with Crippen LogP contribution in [0, 0.1) is 12.8 Å². The van der Waals surface area contributed by atoms with Crippen LogP contribution in [-0.4, -0.2) is 19.5 Å². The Morgan fingerprint density at radius 3 is 2.55 bits per heavy atom. The summed E-state index contributed by atoms with van der Waals surface area (Å²) in [6.45, 7) is 7.05. The Hall–Kier alpha value is -2.99. The fourth-order valence-corrected chi connectivity index (χ4v) is 4.09. The van der Waals surface area contributed by atoms with E-state index in [4.69, 9.17) is 11.6 Å². The number of nitrogens with zero attached hydrogens (tertiary/aromatic N) is 3. The summed E-state index contributed by atoms with van der Waals surface area (Å²) >= 11 is 5.98. The monoisotopic (exact) mass is 436 g/mol. The van der Waals surface area contributed by atoms with Crippen LogP contribution in [0.3, 0.4) is 0 Å². The van der Waals surface area contributed by atoms with Gasteiger partial charge in [0.2, 0.25) is 0 Å². The minimum Gasteiger partial charge on any atom is -0.322 e. The highest BCUT2D eigenvalue weighted by atomic mass is 35.5. The summed E-state index contributed by atoms with van der Waals surface area (Å²) in [7, 11) is 0. The molecule has 0 aromatic heterocycles. The van der Waals surface area contributed by atoms with Crippen LogP contribution in [0.25, 0.3) is 22.6 Å². The highest BCUT2D eigenvalue weighted by Crippen LogP contribution is 2.26. The average molecular weight is 437 g/mol. The van der Waals surface area contributed by atoms with Crippen molar-refractivity contribution in [2.75, 3.05) is 0 Å². The van der Waals surface area contributed by atoms with Crippen molar-refractivity contribution in [3.63, 3.8) is 0 Å². The fourth-order valence-electron chi connectivity index (χ4n) is 3.97. The third-order valence-corrected chi connectivity index (χ3v) is 5.71. The number of aromatic nitrogens is 4. The van der Waals surface area contributed by atoms with Crippen molar-refractivity contribution in [3.8, 4) is 11.5 Å². The molecule has 7 heteroatoms. The van der Waals surface area contributed by atoms with E-state index in [-0.39, 0.29) is 5.69 Å². The number of halogens is 1. The Bertz CT molecular complexity index is 1320. The zero-order valence-corrected chi connectivity index (χ0v) is 18.7. The van der Waals surface area contributed by atoms with Crippen molar-refractivity contribution in [1.82, 2.24) is 19.5 Å². The van der Waals surface area contributed by atoms with Crippen molar-refractivity contribution in [3.05, 3.63) is 78.9 Å². The van der Waals surface area contributed by atoms with Gasteiger partial charge in [-0.3, -0.25) is 9.78 Å². The second-order valence-electron chi connectivity index (χ2n) is 8.40. The van der Waals surface area contributed by atoms with Gasteiger partial charge in [-0.2, -0.15) is 4.98 Å². The second-order valence-corrected chi connectivity index (χ2v) is 8.84. The van der Waals surface area contributed by atoms with Crippen LogP contribution >= 0.6 is 11.6 Å². The molecule has 4 rings (SSSR count). The number of benzene rings is 2. The number of H-pyrrole nitrogens is 1. The van der Waals surface area contributed by atoms with E-state index >= 15 is 0 Å². The molecule has 0 bridgehead atoms. The Morgan fingerprint density at radius 2 is 1.84 bits per heavy atom. The van der Waals surface area contributed by atoms with Gasteiger partial charge in [-0.05, 0) is 73.1 Å². The van der Waals surface area contributed by atoms with Crippen molar-refractivity contribution >= 4 is 22.6 Å². The SMILES string of the molecule is Cc1cc2nc3c(=O)[nH]c(=O)nc-3n(CCCc3ccc(Cl)cc3)c2cc1CC(C)C. The molecular formula is C24H25ClN4O2. The normalized spacial score (nSPS) is 11.6. The molecule has 2 aliphatic rings. The van der Waals surface area contributed by atoms with E-state index in [1.807, 2.05) is 34.9 Å². The molecule has 2 aromatic carbocycles. The number of nitrogens with one attached hydrogen (secondary N) is 1. The van der Waals surface area contributed by atoms with Crippen LogP contribution in [-0.2, 0) is 19.4 Å². The largest absolute Gasteiger partial charge is 0.349 e. The van der Waals surface area contributed by atoms with E-state index in [0.29, 0.717) is 23.3 Å². The van der Waals surface area contributed by atoms with Crippen molar-refractivity contribution in [2.45, 2.75) is 46.6 Å². The van der Waals surface area contributed by atoms with Gasteiger partial charge in [0, 0.05) is 11.6 Å². The third kappa shape index (κ3) is 4.54. The van der Waals surface area contributed by atoms with E-state index in [2.05, 4.69) is 41.8 Å². The highest BCUT2D eigenvalue weighted by molar-refractivity contribution is 6.30. The fraction of sp³-hybridized carbons (Fsp3) is 0.333. The van der Waals surface area contributed by atoms with Gasteiger partial charge in [0.25, 0.3) is 5.56 Å². The number of hydrogen-bond donors (Lipinski definition) is 1. The standard InChI is InChI=1S/C24H25ClN4O2/c1-14(2)11-17-13-20-19(12-15(17)3)26-21-22(27-24(31)28-23(21)30)29(20)10-4-5-16-6-8-18(25)9-7-16/h6-9,12-14H,4-5,10-11H2,1-3H3,(H,28,30,31). The lowest BCUT2D eigenvalue weighted by Crippen LogP contribution is -2.29. The first-order valence-electron chi connectivity index (χ1n) is 10.5. The highest BCUT2D eigenvalue weighted by Gasteiger charge is 2.19. The van der Waals surface area contributed by atoms with Crippen LogP contribution in [0.1, 0.15) is 37.0 Å². The van der Waals surface area contributed by atoms with E-state index in [0.717, 1.165) is 35.9 Å². The number of fused-ring (bicyclic) bond motifs is 2. The molecule has 0 saturated carbocycles. The molecular weight excluding hydrogens is 412 g/mol. The van der Waals surface area contributed by atoms with Gasteiger partial charge in [-0.15, -0.1) is 0 Å². The molecule has 31 heavy (non-hydrogen) atoms. The van der Waals surface area contributed by atoms with Crippen LogP contribution in [0.15, 0.2) is 46.0 Å². The topological polar surface area (TPSA) is 80.6 Å². The molecule has 0 saturated heterocycles. The Balaban J connectivity index is 1.82. The van der Waals surface area contributed by atoms with Gasteiger partial charge in [-0.1, -0.05) is 37.6 Å². The molecule has 0 aliphatic carbocycles. The first-order valence-corrected chi connectivity index (χ1v) is 10.9. The Morgan fingerprint density at radius 1 is 1.10 bits per heavy atom. The predicted octanol–water partition coefficient (Wildman–Crippen LogP) is 4.38. The minimum atomic E-state index is -0.653. The zero-order chi connectivity index (χ0) is 22.1. The first-order chi connectivity index (χ1) is 14.8. The molecule has 1 N–H and O–H groups in total. The predicted molar refractivity (Wildman–Crippen MR) is 124 cm³/mol. The summed E-state index contributed by atoms with van der Waals surface area (Å²) in [5, 5.41) is 0.712. The molecule has 0 fully saturated rings. The summed E-state index contributed by atoms with van der Waals surface area (Å²) in [6.07, 6.45) is 2.60. The van der Waals surface area contributed by atoms with E-state index in [1.54, 1.807) is 0 Å². The summed E-state index contributed by atoms with van der Waals surface area (Å²) in [5.74, 6) is 0.842. The summed E-state index contributed by atoms with van der Waals surface area (Å²) in [5.41, 5.74) is 4.21. The smallest absolute Gasteiger partial charge is 0.322 e. The van der Waals surface area contributed by atoms with Crippen LogP contribution in [0.5, 0.6) is 0 Å². The van der Waals surface area contributed by atoms with Gasteiger partial charge >= 0.3 is 5.69 Å². The molecule has 0 radical (unpaired) electrons. The van der Waals surface area contributed by atoms with Gasteiger partial charge in [0.05, 0.1) is 11.0 Å². The molecule has 0 amide bonds. The van der Waals surface area contributed by atoms with Crippen LogP contribution in [0.2, 0.25) is 5.02 Å². The van der Waals surface area contributed by atoms with E-state index in [9.17, 15) is 9.59 Å².